The van der Waals surface area contributed by atoms with E-state index in [0.29, 0.717) is 43.7 Å². The maximum atomic E-state index is 6.19. The Morgan fingerprint density at radius 1 is 1.00 bits per heavy atom. The molecule has 2 heterocycles. The first kappa shape index (κ1) is 18.9. The molecule has 0 fully saturated rings. The Bertz CT molecular complexity index is 1120. The van der Waals surface area contributed by atoms with Gasteiger partial charge in [0.2, 0.25) is 5.82 Å². The number of hydrogen-bond donors (Lipinski definition) is 0. The summed E-state index contributed by atoms with van der Waals surface area (Å²) in [4.78, 5) is 4.34. The van der Waals surface area contributed by atoms with Gasteiger partial charge >= 0.3 is 0 Å². The highest BCUT2D eigenvalue weighted by molar-refractivity contribution is 6.36. The summed E-state index contributed by atoms with van der Waals surface area (Å²) >= 11 is 18.3. The Labute approximate surface area is 175 Å². The number of rotatable bonds is 5. The van der Waals surface area contributed by atoms with Crippen LogP contribution in [0.5, 0.6) is 5.75 Å². The first-order valence-corrected chi connectivity index (χ1v) is 9.41. The molecule has 142 valence electrons. The van der Waals surface area contributed by atoms with E-state index in [2.05, 4.69) is 10.1 Å². The third kappa shape index (κ3) is 3.87. The lowest BCUT2D eigenvalue weighted by Gasteiger charge is -2.09. The molecule has 0 aliphatic rings. The fourth-order valence-corrected chi connectivity index (χ4v) is 3.39. The summed E-state index contributed by atoms with van der Waals surface area (Å²) in [5.74, 6) is 2.23. The summed E-state index contributed by atoms with van der Waals surface area (Å²) in [6, 6.07) is 14.1. The van der Waals surface area contributed by atoms with Crippen LogP contribution in [0.3, 0.4) is 0 Å². The molecule has 0 radical (unpaired) electrons. The van der Waals surface area contributed by atoms with Crippen molar-refractivity contribution in [2.24, 2.45) is 0 Å². The standard InChI is InChI=1S/C20H13Cl3N2O3/c1-11-3-2-4-15(22)18(11)26-10-13-6-8-17(27-13)20-24-19(25-28-20)14-7-5-12(21)9-16(14)23/h2-9H,10H2,1H3. The summed E-state index contributed by atoms with van der Waals surface area (Å²) in [7, 11) is 0. The van der Waals surface area contributed by atoms with Crippen molar-refractivity contribution >= 4 is 34.8 Å². The van der Waals surface area contributed by atoms with Gasteiger partial charge in [0.05, 0.1) is 10.0 Å². The number of aryl methyl sites for hydroxylation is 1. The average molecular weight is 436 g/mol. The lowest BCUT2D eigenvalue weighted by molar-refractivity contribution is 0.269. The lowest BCUT2D eigenvalue weighted by Crippen LogP contribution is -1.96. The van der Waals surface area contributed by atoms with E-state index in [4.69, 9.17) is 48.5 Å². The van der Waals surface area contributed by atoms with Crippen LogP contribution < -0.4 is 4.74 Å². The quantitative estimate of drug-likeness (QED) is 0.343. The summed E-state index contributed by atoms with van der Waals surface area (Å²) in [6.07, 6.45) is 0. The minimum atomic E-state index is 0.217. The van der Waals surface area contributed by atoms with Crippen molar-refractivity contribution in [1.82, 2.24) is 10.1 Å². The molecule has 0 aliphatic carbocycles. The number of aromatic nitrogens is 2. The van der Waals surface area contributed by atoms with Gasteiger partial charge in [-0.05, 0) is 48.9 Å². The van der Waals surface area contributed by atoms with Crippen molar-refractivity contribution in [3.8, 4) is 28.8 Å². The SMILES string of the molecule is Cc1cccc(Cl)c1OCc1ccc(-c2nc(-c3ccc(Cl)cc3Cl)no2)o1. The van der Waals surface area contributed by atoms with Crippen LogP contribution in [0.1, 0.15) is 11.3 Å². The normalized spacial score (nSPS) is 11.0. The van der Waals surface area contributed by atoms with E-state index >= 15 is 0 Å². The molecule has 0 unspecified atom stereocenters. The molecule has 0 amide bonds. The van der Waals surface area contributed by atoms with Gasteiger partial charge in [0.1, 0.15) is 18.1 Å². The lowest BCUT2D eigenvalue weighted by atomic mass is 10.2. The molecule has 0 saturated carbocycles. The third-order valence-electron chi connectivity index (χ3n) is 3.99. The van der Waals surface area contributed by atoms with Crippen molar-refractivity contribution in [2.75, 3.05) is 0 Å². The molecule has 8 heteroatoms. The topological polar surface area (TPSA) is 61.3 Å². The molecule has 4 aromatic rings. The van der Waals surface area contributed by atoms with E-state index in [1.54, 1.807) is 36.4 Å². The van der Waals surface area contributed by atoms with Crippen molar-refractivity contribution in [3.05, 3.63) is 74.9 Å². The van der Waals surface area contributed by atoms with Crippen LogP contribution >= 0.6 is 34.8 Å². The molecule has 0 aliphatic heterocycles. The van der Waals surface area contributed by atoms with Crippen LogP contribution in [0.15, 0.2) is 57.5 Å². The van der Waals surface area contributed by atoms with Crippen molar-refractivity contribution < 1.29 is 13.7 Å². The minimum absolute atomic E-state index is 0.217. The highest BCUT2D eigenvalue weighted by Crippen LogP contribution is 2.31. The van der Waals surface area contributed by atoms with Gasteiger partial charge in [0, 0.05) is 10.6 Å². The molecular formula is C20H13Cl3N2O3. The van der Waals surface area contributed by atoms with Crippen molar-refractivity contribution in [3.63, 3.8) is 0 Å². The van der Waals surface area contributed by atoms with Gasteiger partial charge in [-0.2, -0.15) is 4.98 Å². The number of halogens is 3. The van der Waals surface area contributed by atoms with Gasteiger partial charge < -0.3 is 13.7 Å². The van der Waals surface area contributed by atoms with Gasteiger partial charge in [0.25, 0.3) is 5.89 Å². The maximum absolute atomic E-state index is 6.19. The number of furan rings is 1. The fraction of sp³-hybridized carbons (Fsp3) is 0.100. The molecular weight excluding hydrogens is 423 g/mol. The molecule has 2 aromatic carbocycles. The molecule has 0 N–H and O–H groups in total. The summed E-state index contributed by atoms with van der Waals surface area (Å²) in [5, 5.41) is 5.47. The van der Waals surface area contributed by atoms with Crippen LogP contribution in [-0.2, 0) is 6.61 Å². The number of para-hydroxylation sites is 1. The van der Waals surface area contributed by atoms with Gasteiger partial charge in [0.15, 0.2) is 5.76 Å². The number of hydrogen-bond acceptors (Lipinski definition) is 5. The third-order valence-corrected chi connectivity index (χ3v) is 4.84. The van der Waals surface area contributed by atoms with E-state index in [9.17, 15) is 0 Å². The van der Waals surface area contributed by atoms with E-state index in [-0.39, 0.29) is 12.5 Å². The van der Waals surface area contributed by atoms with Crippen molar-refractivity contribution in [1.29, 1.82) is 0 Å². The first-order chi connectivity index (χ1) is 13.5. The minimum Gasteiger partial charge on any atom is -0.484 e. The van der Waals surface area contributed by atoms with Crippen LogP contribution in [0, 0.1) is 6.92 Å². The maximum Gasteiger partial charge on any atom is 0.293 e. The van der Waals surface area contributed by atoms with E-state index in [0.717, 1.165) is 5.56 Å². The van der Waals surface area contributed by atoms with Gasteiger partial charge in [-0.15, -0.1) is 0 Å². The fourth-order valence-electron chi connectivity index (χ4n) is 2.62. The number of benzene rings is 2. The molecule has 0 atom stereocenters. The summed E-state index contributed by atoms with van der Waals surface area (Å²) < 4.78 is 16.8. The van der Waals surface area contributed by atoms with E-state index < -0.39 is 0 Å². The largest absolute Gasteiger partial charge is 0.484 e. The highest BCUT2D eigenvalue weighted by Gasteiger charge is 2.17. The predicted octanol–water partition coefficient (Wildman–Crippen LogP) is 6.84. The molecule has 28 heavy (non-hydrogen) atoms. The van der Waals surface area contributed by atoms with Crippen LogP contribution in [0.25, 0.3) is 23.0 Å². The number of ether oxygens (including phenoxy) is 1. The Balaban J connectivity index is 1.51. The zero-order valence-electron chi connectivity index (χ0n) is 14.6. The molecule has 0 spiro atoms. The van der Waals surface area contributed by atoms with Crippen LogP contribution in [0.4, 0.5) is 0 Å². The Kier molecular flexibility index (Phi) is 5.31. The zero-order chi connectivity index (χ0) is 19.7. The molecule has 2 aromatic heterocycles. The van der Waals surface area contributed by atoms with Gasteiger partial charge in [-0.25, -0.2) is 0 Å². The predicted molar refractivity (Wildman–Crippen MR) is 108 cm³/mol. The molecule has 5 nitrogen and oxygen atoms in total. The number of nitrogens with zero attached hydrogens (tertiary/aromatic N) is 2. The first-order valence-electron chi connectivity index (χ1n) is 8.27. The second kappa shape index (κ2) is 7.87. The van der Waals surface area contributed by atoms with E-state index in [1.807, 2.05) is 19.1 Å². The van der Waals surface area contributed by atoms with Crippen LogP contribution in [-0.4, -0.2) is 10.1 Å². The summed E-state index contributed by atoms with van der Waals surface area (Å²) in [5.41, 5.74) is 1.56. The molecule has 0 saturated heterocycles. The zero-order valence-corrected chi connectivity index (χ0v) is 16.8. The van der Waals surface area contributed by atoms with Gasteiger partial charge in [-0.3, -0.25) is 0 Å². The Hall–Kier alpha value is -2.47. The van der Waals surface area contributed by atoms with Crippen LogP contribution in [0.2, 0.25) is 15.1 Å². The molecule has 4 rings (SSSR count). The second-order valence-corrected chi connectivity index (χ2v) is 7.24. The average Bonchev–Trinajstić information content (AvgIpc) is 3.30. The Morgan fingerprint density at radius 2 is 1.86 bits per heavy atom. The van der Waals surface area contributed by atoms with Gasteiger partial charge in [-0.1, -0.05) is 52.1 Å². The van der Waals surface area contributed by atoms with E-state index in [1.165, 1.54) is 0 Å². The van der Waals surface area contributed by atoms with Crippen molar-refractivity contribution in [2.45, 2.75) is 13.5 Å². The summed E-state index contributed by atoms with van der Waals surface area (Å²) in [6.45, 7) is 2.14. The second-order valence-electron chi connectivity index (χ2n) is 5.99. The monoisotopic (exact) mass is 434 g/mol. The smallest absolute Gasteiger partial charge is 0.293 e. The highest BCUT2D eigenvalue weighted by atomic mass is 35.5. The Morgan fingerprint density at radius 3 is 2.64 bits per heavy atom. The molecule has 0 bridgehead atoms.